The summed E-state index contributed by atoms with van der Waals surface area (Å²) in [5.74, 6) is -1.07. The Labute approximate surface area is 192 Å². The molecule has 11 heteroatoms. The summed E-state index contributed by atoms with van der Waals surface area (Å²) < 4.78 is 44.4. The van der Waals surface area contributed by atoms with Crippen LogP contribution in [0.5, 0.6) is 0 Å². The first-order valence-electron chi connectivity index (χ1n) is 9.08. The van der Waals surface area contributed by atoms with Crippen molar-refractivity contribution in [2.75, 3.05) is 10.0 Å². The van der Waals surface area contributed by atoms with E-state index in [1.165, 1.54) is 35.8 Å². The molecule has 0 fully saturated rings. The van der Waals surface area contributed by atoms with Crippen molar-refractivity contribution in [3.8, 4) is 11.3 Å². The molecule has 0 saturated carbocycles. The predicted molar refractivity (Wildman–Crippen MR) is 122 cm³/mol. The summed E-state index contributed by atoms with van der Waals surface area (Å²) in [6.07, 6.45) is 0. The first kappa shape index (κ1) is 21.9. The number of rotatable bonds is 6. The van der Waals surface area contributed by atoms with E-state index in [0.29, 0.717) is 11.3 Å². The van der Waals surface area contributed by atoms with Crippen molar-refractivity contribution >= 4 is 50.4 Å². The molecule has 4 aromatic rings. The number of anilines is 2. The Morgan fingerprint density at radius 3 is 2.28 bits per heavy atom. The number of amides is 1. The van der Waals surface area contributed by atoms with Gasteiger partial charge in [-0.25, -0.2) is 12.8 Å². The van der Waals surface area contributed by atoms with Crippen molar-refractivity contribution < 1.29 is 17.6 Å². The lowest BCUT2D eigenvalue weighted by atomic mass is 10.1. The van der Waals surface area contributed by atoms with Crippen LogP contribution in [0.15, 0.2) is 77.0 Å². The molecule has 162 valence electrons. The van der Waals surface area contributed by atoms with Crippen LogP contribution in [-0.2, 0) is 10.0 Å². The maximum atomic E-state index is 13.3. The summed E-state index contributed by atoms with van der Waals surface area (Å²) in [4.78, 5) is 12.3. The molecule has 0 radical (unpaired) electrons. The summed E-state index contributed by atoms with van der Waals surface area (Å²) >= 11 is 6.92. The predicted octanol–water partition coefficient (Wildman–Crippen LogP) is 5.05. The molecule has 0 aliphatic rings. The van der Waals surface area contributed by atoms with E-state index in [1.54, 1.807) is 12.1 Å². The van der Waals surface area contributed by atoms with E-state index in [4.69, 9.17) is 11.6 Å². The van der Waals surface area contributed by atoms with Gasteiger partial charge in [-0.15, -0.1) is 5.10 Å². The SMILES string of the molecule is O=C(Nc1ccc(-c2csnn2)cc1)c1ccc(NS(=O)(=O)c2ccc(F)c(Cl)c2)cc1. The lowest BCUT2D eigenvalue weighted by Gasteiger charge is -2.10. The number of carbonyl (C=O) groups is 1. The number of sulfonamides is 1. The standard InChI is InChI=1S/C21H14ClFN4O3S2/c22-18-11-17(9-10-19(18)23)32(29,30)26-16-7-3-14(4-8-16)21(28)24-15-5-1-13(2-6-15)20-12-31-27-25-20/h1-12,26H,(H,24,28). The number of nitrogens with one attached hydrogen (secondary N) is 2. The second-order valence-electron chi connectivity index (χ2n) is 6.58. The van der Waals surface area contributed by atoms with Crippen LogP contribution in [0.3, 0.4) is 0 Å². The molecule has 0 aliphatic carbocycles. The van der Waals surface area contributed by atoms with Crippen LogP contribution in [0.2, 0.25) is 5.02 Å². The average molecular weight is 489 g/mol. The zero-order chi connectivity index (χ0) is 22.7. The molecule has 7 nitrogen and oxygen atoms in total. The number of aromatic nitrogens is 2. The normalized spacial score (nSPS) is 11.2. The monoisotopic (exact) mass is 488 g/mol. The smallest absolute Gasteiger partial charge is 0.261 e. The minimum absolute atomic E-state index is 0.178. The summed E-state index contributed by atoms with van der Waals surface area (Å²) in [6, 6.07) is 16.2. The lowest BCUT2D eigenvalue weighted by Crippen LogP contribution is -2.14. The highest BCUT2D eigenvalue weighted by Crippen LogP contribution is 2.23. The van der Waals surface area contributed by atoms with Gasteiger partial charge in [0.15, 0.2) is 0 Å². The van der Waals surface area contributed by atoms with Gasteiger partial charge in [-0.05, 0) is 66.1 Å². The Balaban J connectivity index is 1.42. The third-order valence-electron chi connectivity index (χ3n) is 4.40. The second-order valence-corrected chi connectivity index (χ2v) is 9.28. The van der Waals surface area contributed by atoms with Crippen LogP contribution >= 0.6 is 23.1 Å². The molecule has 32 heavy (non-hydrogen) atoms. The zero-order valence-corrected chi connectivity index (χ0v) is 18.5. The van der Waals surface area contributed by atoms with E-state index < -0.39 is 15.8 Å². The van der Waals surface area contributed by atoms with E-state index in [1.807, 2.05) is 17.5 Å². The highest BCUT2D eigenvalue weighted by molar-refractivity contribution is 7.92. The Morgan fingerprint density at radius 1 is 0.969 bits per heavy atom. The summed E-state index contributed by atoms with van der Waals surface area (Å²) in [5, 5.41) is 8.30. The molecule has 3 aromatic carbocycles. The summed E-state index contributed by atoms with van der Waals surface area (Å²) in [6.45, 7) is 0. The van der Waals surface area contributed by atoms with Gasteiger partial charge in [0.25, 0.3) is 15.9 Å². The number of nitrogens with zero attached hydrogens (tertiary/aromatic N) is 2. The molecule has 0 spiro atoms. The van der Waals surface area contributed by atoms with Gasteiger partial charge in [-0.2, -0.15) is 0 Å². The molecule has 0 bridgehead atoms. The Morgan fingerprint density at radius 2 is 1.66 bits per heavy atom. The molecular formula is C21H14ClFN4O3S2. The average Bonchev–Trinajstić information content (AvgIpc) is 3.31. The van der Waals surface area contributed by atoms with Crippen molar-refractivity contribution in [1.29, 1.82) is 0 Å². The highest BCUT2D eigenvalue weighted by Gasteiger charge is 2.16. The fourth-order valence-corrected chi connectivity index (χ4v) is 4.56. The Bertz CT molecular complexity index is 1360. The quantitative estimate of drug-likeness (QED) is 0.395. The number of carbonyl (C=O) groups excluding carboxylic acids is 1. The van der Waals surface area contributed by atoms with E-state index in [9.17, 15) is 17.6 Å². The van der Waals surface area contributed by atoms with Gasteiger partial charge in [0.05, 0.1) is 9.92 Å². The molecule has 4 rings (SSSR count). The van der Waals surface area contributed by atoms with Gasteiger partial charge in [0.1, 0.15) is 11.5 Å². The molecular weight excluding hydrogens is 475 g/mol. The van der Waals surface area contributed by atoms with Crippen LogP contribution in [0.25, 0.3) is 11.3 Å². The molecule has 1 aromatic heterocycles. The number of halogens is 2. The molecule has 0 aliphatic heterocycles. The molecule has 0 unspecified atom stereocenters. The molecule has 2 N–H and O–H groups in total. The number of hydrogen-bond acceptors (Lipinski definition) is 6. The highest BCUT2D eigenvalue weighted by atomic mass is 35.5. The van der Waals surface area contributed by atoms with Gasteiger partial charge in [-0.1, -0.05) is 28.2 Å². The molecule has 1 heterocycles. The molecule has 0 atom stereocenters. The van der Waals surface area contributed by atoms with Crippen LogP contribution in [0.1, 0.15) is 10.4 Å². The first-order valence-corrected chi connectivity index (χ1v) is 11.8. The van der Waals surface area contributed by atoms with Crippen LogP contribution in [0.4, 0.5) is 15.8 Å². The largest absolute Gasteiger partial charge is 0.322 e. The van der Waals surface area contributed by atoms with Gasteiger partial charge < -0.3 is 5.32 Å². The van der Waals surface area contributed by atoms with E-state index in [0.717, 1.165) is 29.5 Å². The van der Waals surface area contributed by atoms with Gasteiger partial charge in [-0.3, -0.25) is 9.52 Å². The third kappa shape index (κ3) is 4.93. The van der Waals surface area contributed by atoms with Crippen molar-refractivity contribution in [2.24, 2.45) is 0 Å². The van der Waals surface area contributed by atoms with Gasteiger partial charge in [0, 0.05) is 27.9 Å². The first-order chi connectivity index (χ1) is 15.3. The van der Waals surface area contributed by atoms with Crippen LogP contribution in [-0.4, -0.2) is 23.9 Å². The van der Waals surface area contributed by atoms with Crippen molar-refractivity contribution in [2.45, 2.75) is 4.90 Å². The van der Waals surface area contributed by atoms with Crippen molar-refractivity contribution in [3.05, 3.63) is 88.5 Å². The molecule has 1 amide bonds. The van der Waals surface area contributed by atoms with Gasteiger partial charge in [0.2, 0.25) is 0 Å². The molecule has 0 saturated heterocycles. The second kappa shape index (κ2) is 9.03. The van der Waals surface area contributed by atoms with Crippen LogP contribution in [0, 0.1) is 5.82 Å². The van der Waals surface area contributed by atoms with Gasteiger partial charge >= 0.3 is 0 Å². The van der Waals surface area contributed by atoms with Crippen LogP contribution < -0.4 is 10.0 Å². The summed E-state index contributed by atoms with van der Waals surface area (Å²) in [7, 11) is -3.97. The Hall–Kier alpha value is -3.34. The van der Waals surface area contributed by atoms with E-state index in [-0.39, 0.29) is 21.5 Å². The third-order valence-corrected chi connectivity index (χ3v) is 6.57. The minimum atomic E-state index is -3.97. The fraction of sp³-hybridized carbons (Fsp3) is 0. The zero-order valence-electron chi connectivity index (χ0n) is 16.1. The van der Waals surface area contributed by atoms with Crippen molar-refractivity contribution in [1.82, 2.24) is 9.59 Å². The topological polar surface area (TPSA) is 101 Å². The Kier molecular flexibility index (Phi) is 6.17. The maximum absolute atomic E-state index is 13.3. The lowest BCUT2D eigenvalue weighted by molar-refractivity contribution is 0.102. The fourth-order valence-electron chi connectivity index (χ4n) is 2.77. The maximum Gasteiger partial charge on any atom is 0.261 e. The van der Waals surface area contributed by atoms with E-state index in [2.05, 4.69) is 19.6 Å². The summed E-state index contributed by atoms with van der Waals surface area (Å²) in [5.41, 5.74) is 2.82. The van der Waals surface area contributed by atoms with E-state index >= 15 is 0 Å². The number of hydrogen-bond donors (Lipinski definition) is 2. The minimum Gasteiger partial charge on any atom is -0.322 e. The number of benzene rings is 3. The van der Waals surface area contributed by atoms with Crippen molar-refractivity contribution in [3.63, 3.8) is 0 Å².